The Bertz CT molecular complexity index is 215. The molecule has 1 aliphatic carbocycles. The molecule has 2 atom stereocenters. The summed E-state index contributed by atoms with van der Waals surface area (Å²) in [7, 11) is 0. The van der Waals surface area contributed by atoms with Crippen molar-refractivity contribution >= 4 is 5.97 Å². The first-order chi connectivity index (χ1) is 5.82. The molecule has 0 spiro atoms. The monoisotopic (exact) mass is 185 g/mol. The second-order valence-electron chi connectivity index (χ2n) is 4.97. The minimum absolute atomic E-state index is 0.130. The molecule has 1 rings (SSSR count). The van der Waals surface area contributed by atoms with Crippen molar-refractivity contribution in [1.29, 1.82) is 0 Å². The number of carbonyl (C=O) groups excluding carboxylic acids is 1. The minimum Gasteiger partial charge on any atom is -0.459 e. The van der Waals surface area contributed by atoms with Gasteiger partial charge < -0.3 is 10.5 Å². The van der Waals surface area contributed by atoms with Gasteiger partial charge in [-0.3, -0.25) is 4.79 Å². The Labute approximate surface area is 79.6 Å². The lowest BCUT2D eigenvalue weighted by atomic mass is 10.0. The second kappa shape index (κ2) is 2.98. The summed E-state index contributed by atoms with van der Waals surface area (Å²) in [4.78, 5) is 11.7. The smallest absolute Gasteiger partial charge is 0.314 e. The van der Waals surface area contributed by atoms with E-state index < -0.39 is 5.60 Å². The Kier molecular flexibility index (Phi) is 2.41. The van der Waals surface area contributed by atoms with Gasteiger partial charge in [0.25, 0.3) is 0 Å². The largest absolute Gasteiger partial charge is 0.459 e. The third-order valence-corrected chi connectivity index (χ3v) is 2.62. The zero-order chi connectivity index (χ0) is 10.3. The average Bonchev–Trinajstić information content (AvgIpc) is 2.59. The highest BCUT2D eigenvalue weighted by atomic mass is 16.6. The van der Waals surface area contributed by atoms with E-state index in [9.17, 15) is 4.79 Å². The quantitative estimate of drug-likeness (QED) is 0.660. The Hall–Kier alpha value is -0.570. The summed E-state index contributed by atoms with van der Waals surface area (Å²) in [6, 6.07) is 0. The molecule has 1 fully saturated rings. The molecule has 0 bridgehead atoms. The molecule has 76 valence electrons. The zero-order valence-electron chi connectivity index (χ0n) is 8.89. The summed E-state index contributed by atoms with van der Waals surface area (Å²) in [5, 5.41) is 0. The molecular weight excluding hydrogens is 166 g/mol. The first kappa shape index (κ1) is 10.5. The predicted molar refractivity (Wildman–Crippen MR) is 51.1 cm³/mol. The molecule has 0 saturated heterocycles. The van der Waals surface area contributed by atoms with Crippen LogP contribution in [0.15, 0.2) is 0 Å². The molecule has 0 heterocycles. The lowest BCUT2D eigenvalue weighted by Crippen LogP contribution is -2.34. The van der Waals surface area contributed by atoms with Crippen molar-refractivity contribution in [2.24, 2.45) is 17.1 Å². The number of carbonyl (C=O) groups is 1. The maximum Gasteiger partial charge on any atom is 0.314 e. The number of hydrogen-bond donors (Lipinski definition) is 1. The van der Waals surface area contributed by atoms with Crippen LogP contribution in [-0.4, -0.2) is 18.1 Å². The third-order valence-electron chi connectivity index (χ3n) is 2.62. The summed E-state index contributed by atoms with van der Waals surface area (Å²) < 4.78 is 5.31. The van der Waals surface area contributed by atoms with Gasteiger partial charge in [0.1, 0.15) is 5.60 Å². The Morgan fingerprint density at radius 1 is 1.62 bits per heavy atom. The van der Waals surface area contributed by atoms with Crippen LogP contribution in [0.25, 0.3) is 0 Å². The Morgan fingerprint density at radius 2 is 2.08 bits per heavy atom. The van der Waals surface area contributed by atoms with Crippen molar-refractivity contribution < 1.29 is 9.53 Å². The van der Waals surface area contributed by atoms with Gasteiger partial charge in [0.05, 0.1) is 5.41 Å². The minimum atomic E-state index is -0.401. The van der Waals surface area contributed by atoms with Crippen molar-refractivity contribution in [2.45, 2.75) is 39.7 Å². The third kappa shape index (κ3) is 2.02. The van der Waals surface area contributed by atoms with Crippen LogP contribution >= 0.6 is 0 Å². The van der Waals surface area contributed by atoms with Crippen molar-refractivity contribution in [3.8, 4) is 0 Å². The van der Waals surface area contributed by atoms with Gasteiger partial charge in [0.2, 0.25) is 0 Å². The standard InChI is InChI=1S/C10H19NO2/c1-7-5-10(7,6-11)8(12)13-9(2,3)4/h7H,5-6,11H2,1-4H3/t7-,10+/m0/s1. The molecule has 0 radical (unpaired) electrons. The summed E-state index contributed by atoms with van der Waals surface area (Å²) >= 11 is 0. The topological polar surface area (TPSA) is 52.3 Å². The van der Waals surface area contributed by atoms with Crippen molar-refractivity contribution in [3.05, 3.63) is 0 Å². The number of nitrogens with two attached hydrogens (primary N) is 1. The molecule has 13 heavy (non-hydrogen) atoms. The van der Waals surface area contributed by atoms with Gasteiger partial charge >= 0.3 is 5.97 Å². The van der Waals surface area contributed by atoms with E-state index in [4.69, 9.17) is 10.5 Å². The zero-order valence-corrected chi connectivity index (χ0v) is 8.89. The molecular formula is C10H19NO2. The van der Waals surface area contributed by atoms with Gasteiger partial charge in [-0.25, -0.2) is 0 Å². The summed E-state index contributed by atoms with van der Waals surface area (Å²) in [6.45, 7) is 8.08. The molecule has 0 unspecified atom stereocenters. The summed E-state index contributed by atoms with van der Waals surface area (Å²) in [5.41, 5.74) is 4.81. The Morgan fingerprint density at radius 3 is 2.31 bits per heavy atom. The summed E-state index contributed by atoms with van der Waals surface area (Å²) in [6.07, 6.45) is 0.873. The number of rotatable bonds is 2. The molecule has 0 aromatic heterocycles. The maximum absolute atomic E-state index is 11.7. The van der Waals surface area contributed by atoms with Crippen LogP contribution in [0, 0.1) is 11.3 Å². The van der Waals surface area contributed by atoms with E-state index in [2.05, 4.69) is 0 Å². The highest BCUT2D eigenvalue weighted by Crippen LogP contribution is 2.52. The lowest BCUT2D eigenvalue weighted by molar-refractivity contribution is -0.161. The fourth-order valence-corrected chi connectivity index (χ4v) is 1.52. The van der Waals surface area contributed by atoms with Gasteiger partial charge in [0, 0.05) is 6.54 Å². The van der Waals surface area contributed by atoms with E-state index in [0.717, 1.165) is 6.42 Å². The summed E-state index contributed by atoms with van der Waals surface area (Å²) in [5.74, 6) is 0.252. The molecule has 2 N–H and O–H groups in total. The lowest BCUT2D eigenvalue weighted by Gasteiger charge is -2.23. The van der Waals surface area contributed by atoms with Crippen LogP contribution in [0.1, 0.15) is 34.1 Å². The predicted octanol–water partition coefficient (Wildman–Crippen LogP) is 1.31. The first-order valence-corrected chi connectivity index (χ1v) is 4.75. The van der Waals surface area contributed by atoms with Crippen molar-refractivity contribution in [1.82, 2.24) is 0 Å². The molecule has 0 aliphatic heterocycles. The van der Waals surface area contributed by atoms with Crippen LogP contribution in [-0.2, 0) is 9.53 Å². The van der Waals surface area contributed by atoms with Crippen LogP contribution in [0.5, 0.6) is 0 Å². The first-order valence-electron chi connectivity index (χ1n) is 4.75. The molecule has 3 nitrogen and oxygen atoms in total. The molecule has 0 aromatic carbocycles. The molecule has 1 aliphatic rings. The van der Waals surface area contributed by atoms with Crippen LogP contribution in [0.4, 0.5) is 0 Å². The van der Waals surface area contributed by atoms with Gasteiger partial charge in [-0.15, -0.1) is 0 Å². The van der Waals surface area contributed by atoms with Crippen LogP contribution in [0.2, 0.25) is 0 Å². The van der Waals surface area contributed by atoms with E-state index in [-0.39, 0.29) is 11.4 Å². The van der Waals surface area contributed by atoms with Crippen molar-refractivity contribution in [3.63, 3.8) is 0 Å². The van der Waals surface area contributed by atoms with E-state index in [1.54, 1.807) is 0 Å². The van der Waals surface area contributed by atoms with E-state index >= 15 is 0 Å². The number of esters is 1. The SMILES string of the molecule is C[C@H]1C[C@]1(CN)C(=O)OC(C)(C)C. The van der Waals surface area contributed by atoms with Gasteiger partial charge in [-0.2, -0.15) is 0 Å². The molecule has 3 heteroatoms. The number of ether oxygens (including phenoxy) is 1. The Balaban J connectivity index is 2.59. The fraction of sp³-hybridized carbons (Fsp3) is 0.900. The highest BCUT2D eigenvalue weighted by Gasteiger charge is 2.58. The van der Waals surface area contributed by atoms with E-state index in [1.165, 1.54) is 0 Å². The molecule has 1 saturated carbocycles. The normalized spacial score (nSPS) is 32.8. The van der Waals surface area contributed by atoms with Crippen LogP contribution in [0.3, 0.4) is 0 Å². The fourth-order valence-electron chi connectivity index (χ4n) is 1.52. The van der Waals surface area contributed by atoms with Gasteiger partial charge in [-0.1, -0.05) is 6.92 Å². The van der Waals surface area contributed by atoms with E-state index in [0.29, 0.717) is 12.5 Å². The van der Waals surface area contributed by atoms with Gasteiger partial charge in [-0.05, 0) is 33.1 Å². The second-order valence-corrected chi connectivity index (χ2v) is 4.97. The van der Waals surface area contributed by atoms with Gasteiger partial charge in [0.15, 0.2) is 0 Å². The average molecular weight is 185 g/mol. The molecule has 0 aromatic rings. The van der Waals surface area contributed by atoms with Crippen molar-refractivity contribution in [2.75, 3.05) is 6.54 Å². The number of hydrogen-bond acceptors (Lipinski definition) is 3. The maximum atomic E-state index is 11.7. The highest BCUT2D eigenvalue weighted by molar-refractivity contribution is 5.81. The molecule has 0 amide bonds. The van der Waals surface area contributed by atoms with E-state index in [1.807, 2.05) is 27.7 Å². The van der Waals surface area contributed by atoms with Crippen LogP contribution < -0.4 is 5.73 Å².